The standard InChI is InChI=1S/C23H21BF3NO4S/c1-3-30-21(29)13-31-20-7-6-17(9-14(20)2)33-18-11-15(24)10-16(12-18)32-22-19(23(25,26)27)5-4-8-28-22/h4-8,10-12,17H,3,9,13H2,1-2H3. The lowest BCUT2D eigenvalue weighted by molar-refractivity contribution is -0.147. The Hall–Kier alpha value is -2.88. The third kappa shape index (κ3) is 7.05. The zero-order valence-electron chi connectivity index (χ0n) is 18.0. The largest absolute Gasteiger partial charge is 0.482 e. The van der Waals surface area contributed by atoms with E-state index in [0.29, 0.717) is 24.2 Å². The fourth-order valence-corrected chi connectivity index (χ4v) is 4.32. The van der Waals surface area contributed by atoms with Crippen LogP contribution in [0.2, 0.25) is 0 Å². The van der Waals surface area contributed by atoms with Gasteiger partial charge in [0.1, 0.15) is 24.9 Å². The van der Waals surface area contributed by atoms with Gasteiger partial charge in [0.05, 0.1) is 6.61 Å². The molecule has 33 heavy (non-hydrogen) atoms. The molecule has 0 N–H and O–H groups in total. The van der Waals surface area contributed by atoms with Crippen molar-refractivity contribution in [1.29, 1.82) is 0 Å². The minimum atomic E-state index is -4.59. The van der Waals surface area contributed by atoms with E-state index in [4.69, 9.17) is 22.1 Å². The minimum absolute atomic E-state index is 0.0372. The monoisotopic (exact) mass is 475 g/mol. The number of ether oxygens (including phenoxy) is 3. The van der Waals surface area contributed by atoms with Crippen LogP contribution in [0.4, 0.5) is 13.2 Å². The van der Waals surface area contributed by atoms with Crippen molar-refractivity contribution in [2.45, 2.75) is 36.6 Å². The molecule has 2 aromatic rings. The first-order valence-electron chi connectivity index (χ1n) is 10.1. The van der Waals surface area contributed by atoms with E-state index in [2.05, 4.69) is 4.98 Å². The van der Waals surface area contributed by atoms with E-state index in [1.165, 1.54) is 30.1 Å². The van der Waals surface area contributed by atoms with Gasteiger partial charge >= 0.3 is 12.1 Å². The second-order valence-electron chi connectivity index (χ2n) is 7.15. The number of pyridine rings is 1. The number of allylic oxidation sites excluding steroid dienone is 2. The lowest BCUT2D eigenvalue weighted by atomic mass is 9.96. The van der Waals surface area contributed by atoms with Crippen molar-refractivity contribution in [3.8, 4) is 11.6 Å². The summed E-state index contributed by atoms with van der Waals surface area (Å²) < 4.78 is 55.5. The predicted octanol–water partition coefficient (Wildman–Crippen LogP) is 4.96. The van der Waals surface area contributed by atoms with Gasteiger partial charge in [-0.3, -0.25) is 0 Å². The molecule has 1 aromatic heterocycles. The molecule has 1 aromatic carbocycles. The Balaban J connectivity index is 1.68. The van der Waals surface area contributed by atoms with Gasteiger partial charge in [0.25, 0.3) is 0 Å². The first kappa shape index (κ1) is 24.8. The number of rotatable bonds is 8. The number of carbonyl (C=O) groups is 1. The summed E-state index contributed by atoms with van der Waals surface area (Å²) in [6.45, 7) is 3.76. The Bertz CT molecular complexity index is 1070. The zero-order chi connectivity index (χ0) is 24.0. The number of halogens is 3. The Morgan fingerprint density at radius 1 is 1.30 bits per heavy atom. The van der Waals surface area contributed by atoms with Crippen LogP contribution in [0.15, 0.2) is 64.9 Å². The number of esters is 1. The molecular formula is C23H21BF3NO4S. The van der Waals surface area contributed by atoms with E-state index >= 15 is 0 Å². The Morgan fingerprint density at radius 2 is 2.09 bits per heavy atom. The molecule has 1 heterocycles. The van der Waals surface area contributed by atoms with Gasteiger partial charge in [0, 0.05) is 16.3 Å². The predicted molar refractivity (Wildman–Crippen MR) is 120 cm³/mol. The van der Waals surface area contributed by atoms with Gasteiger partial charge in [-0.25, -0.2) is 9.78 Å². The number of aromatic nitrogens is 1. The van der Waals surface area contributed by atoms with Gasteiger partial charge in [-0.1, -0.05) is 17.6 Å². The van der Waals surface area contributed by atoms with Crippen molar-refractivity contribution in [3.05, 3.63) is 65.6 Å². The van der Waals surface area contributed by atoms with Crippen LogP contribution in [0.5, 0.6) is 11.6 Å². The van der Waals surface area contributed by atoms with Crippen LogP contribution in [0.3, 0.4) is 0 Å². The molecule has 0 amide bonds. The van der Waals surface area contributed by atoms with Crippen LogP contribution in [-0.2, 0) is 20.4 Å². The third-order valence-corrected chi connectivity index (χ3v) is 5.66. The van der Waals surface area contributed by atoms with E-state index < -0.39 is 23.6 Å². The van der Waals surface area contributed by atoms with Crippen LogP contribution < -0.4 is 10.2 Å². The molecule has 0 bridgehead atoms. The smallest absolute Gasteiger partial charge is 0.421 e. The fraction of sp³-hybridized carbons (Fsp3) is 0.304. The van der Waals surface area contributed by atoms with Gasteiger partial charge in [-0.05, 0) is 56.2 Å². The first-order chi connectivity index (χ1) is 15.7. The maximum Gasteiger partial charge on any atom is 0.421 e. The first-order valence-corrected chi connectivity index (χ1v) is 11.0. The topological polar surface area (TPSA) is 57.7 Å². The molecular weight excluding hydrogens is 454 g/mol. The van der Waals surface area contributed by atoms with Crippen LogP contribution in [-0.4, -0.2) is 37.3 Å². The Morgan fingerprint density at radius 3 is 2.79 bits per heavy atom. The second-order valence-corrected chi connectivity index (χ2v) is 8.46. The molecule has 172 valence electrons. The number of hydrogen-bond acceptors (Lipinski definition) is 6. The highest BCUT2D eigenvalue weighted by Gasteiger charge is 2.35. The number of thioether (sulfide) groups is 1. The van der Waals surface area contributed by atoms with Crippen LogP contribution in [0.25, 0.3) is 0 Å². The van der Waals surface area contributed by atoms with E-state index in [-0.39, 0.29) is 17.6 Å². The molecule has 1 aliphatic rings. The highest BCUT2D eigenvalue weighted by molar-refractivity contribution is 8.00. The average Bonchev–Trinajstić information content (AvgIpc) is 2.72. The van der Waals surface area contributed by atoms with E-state index in [1.807, 2.05) is 13.0 Å². The maximum absolute atomic E-state index is 13.2. The van der Waals surface area contributed by atoms with Crippen molar-refractivity contribution < 1.29 is 32.2 Å². The molecule has 2 radical (unpaired) electrons. The van der Waals surface area contributed by atoms with Crippen molar-refractivity contribution in [2.75, 3.05) is 13.2 Å². The van der Waals surface area contributed by atoms with Crippen molar-refractivity contribution in [2.24, 2.45) is 0 Å². The highest BCUT2D eigenvalue weighted by Crippen LogP contribution is 2.38. The average molecular weight is 475 g/mol. The second kappa shape index (κ2) is 10.8. The lowest BCUT2D eigenvalue weighted by Gasteiger charge is -2.21. The lowest BCUT2D eigenvalue weighted by Crippen LogP contribution is -2.14. The van der Waals surface area contributed by atoms with Gasteiger partial charge in [-0.2, -0.15) is 13.2 Å². The third-order valence-electron chi connectivity index (χ3n) is 4.52. The van der Waals surface area contributed by atoms with E-state index in [0.717, 1.165) is 16.5 Å². The summed E-state index contributed by atoms with van der Waals surface area (Å²) in [7, 11) is 5.96. The fourth-order valence-electron chi connectivity index (χ4n) is 3.09. The number of hydrogen-bond donors (Lipinski definition) is 0. The molecule has 5 nitrogen and oxygen atoms in total. The summed E-state index contributed by atoms with van der Waals surface area (Å²) in [5.74, 6) is -0.193. The number of nitrogens with zero attached hydrogens (tertiary/aromatic N) is 1. The molecule has 1 atom stereocenters. The molecule has 0 aliphatic heterocycles. The van der Waals surface area contributed by atoms with E-state index in [9.17, 15) is 18.0 Å². The summed E-state index contributed by atoms with van der Waals surface area (Å²) >= 11 is 1.48. The SMILES string of the molecule is [B]c1cc(Oc2ncccc2C(F)(F)F)cc(SC2C=CC(OCC(=O)OCC)=C(C)C2)c1. The summed E-state index contributed by atoms with van der Waals surface area (Å²) in [5.41, 5.74) is 0.348. The molecule has 3 rings (SSSR count). The summed E-state index contributed by atoms with van der Waals surface area (Å²) in [4.78, 5) is 15.9. The zero-order valence-corrected chi connectivity index (χ0v) is 18.8. The van der Waals surface area contributed by atoms with Gasteiger partial charge in [-0.15, -0.1) is 11.8 Å². The molecule has 0 spiro atoms. The maximum atomic E-state index is 13.2. The molecule has 0 fully saturated rings. The Labute approximate surface area is 195 Å². The van der Waals surface area contributed by atoms with Crippen molar-refractivity contribution in [3.63, 3.8) is 0 Å². The van der Waals surface area contributed by atoms with Crippen molar-refractivity contribution in [1.82, 2.24) is 4.98 Å². The minimum Gasteiger partial charge on any atom is -0.482 e. The van der Waals surface area contributed by atoms with Crippen LogP contribution >= 0.6 is 11.8 Å². The number of alkyl halides is 3. The van der Waals surface area contributed by atoms with Gasteiger partial charge < -0.3 is 14.2 Å². The van der Waals surface area contributed by atoms with Crippen LogP contribution in [0.1, 0.15) is 25.8 Å². The quantitative estimate of drug-likeness (QED) is 0.398. The summed E-state index contributed by atoms with van der Waals surface area (Å²) in [6, 6.07) is 6.90. The molecule has 10 heteroatoms. The normalized spacial score (nSPS) is 16.0. The molecule has 0 saturated heterocycles. The highest BCUT2D eigenvalue weighted by atomic mass is 32.2. The Kier molecular flexibility index (Phi) is 8.13. The number of carbonyl (C=O) groups excluding carboxylic acids is 1. The summed E-state index contributed by atoms with van der Waals surface area (Å²) in [5, 5.41) is 0.0372. The van der Waals surface area contributed by atoms with Crippen molar-refractivity contribution >= 4 is 31.0 Å². The molecule has 1 aliphatic carbocycles. The molecule has 0 saturated carbocycles. The molecule has 1 unspecified atom stereocenters. The number of benzene rings is 1. The van der Waals surface area contributed by atoms with Crippen LogP contribution in [0, 0.1) is 0 Å². The van der Waals surface area contributed by atoms with Gasteiger partial charge in [0.15, 0.2) is 6.61 Å². The summed E-state index contributed by atoms with van der Waals surface area (Å²) in [6.07, 6.45) is 1.02. The van der Waals surface area contributed by atoms with Gasteiger partial charge in [0.2, 0.25) is 5.88 Å². The van der Waals surface area contributed by atoms with E-state index in [1.54, 1.807) is 25.1 Å².